The first-order valence-electron chi connectivity index (χ1n) is 17.4. The van der Waals surface area contributed by atoms with E-state index >= 15 is 8.78 Å². The number of rotatable bonds is 4. The first-order valence-corrected chi connectivity index (χ1v) is 20.1. The minimum absolute atomic E-state index is 0.0262. The number of benzene rings is 2. The van der Waals surface area contributed by atoms with Gasteiger partial charge in [0.25, 0.3) is 0 Å². The Balaban J connectivity index is 1.42. The molecule has 0 spiro atoms. The maximum absolute atomic E-state index is 16.4. The molecule has 2 aromatic carbocycles. The van der Waals surface area contributed by atoms with Crippen LogP contribution in [0.1, 0.15) is 64.5 Å². The summed E-state index contributed by atoms with van der Waals surface area (Å²) in [5, 5.41) is 11.9. The van der Waals surface area contributed by atoms with Crippen molar-refractivity contribution in [3.05, 3.63) is 70.6 Å². The van der Waals surface area contributed by atoms with E-state index in [-0.39, 0.29) is 39.6 Å². The Morgan fingerprint density at radius 3 is 2.47 bits per heavy atom. The van der Waals surface area contributed by atoms with Crippen molar-refractivity contribution in [2.75, 3.05) is 18.1 Å². The maximum atomic E-state index is 16.4. The van der Waals surface area contributed by atoms with Crippen molar-refractivity contribution >= 4 is 53.8 Å². The predicted molar refractivity (Wildman–Crippen MR) is 201 cm³/mol. The van der Waals surface area contributed by atoms with Gasteiger partial charge in [-0.15, -0.1) is 11.3 Å². The van der Waals surface area contributed by atoms with Gasteiger partial charge in [0.2, 0.25) is 0 Å². The van der Waals surface area contributed by atoms with E-state index < -0.39 is 44.9 Å². The SMILES string of the molecule is Cc1nn(C)c2cc(-c3nc(-c4cc5n(n4)[C@@H](C)CN(C(=O)OC(C)(C)C)[C@@H]5C)c(-c4c(F)cc(F)cc4N=S4(=O)CCC4)c4c(F)csc34)ccc12. The number of pyridine rings is 1. The summed E-state index contributed by atoms with van der Waals surface area (Å²) < 4.78 is 75.3. The normalized spacial score (nSPS) is 18.3. The largest absolute Gasteiger partial charge is 0.444 e. The van der Waals surface area contributed by atoms with E-state index in [1.54, 1.807) is 41.1 Å². The Labute approximate surface area is 308 Å². The fourth-order valence-electron chi connectivity index (χ4n) is 7.25. The summed E-state index contributed by atoms with van der Waals surface area (Å²) in [6.45, 7) is 11.4. The van der Waals surface area contributed by atoms with Crippen LogP contribution in [0.5, 0.6) is 0 Å². The molecule has 0 aliphatic carbocycles. The number of aromatic nitrogens is 5. The summed E-state index contributed by atoms with van der Waals surface area (Å²) in [5.41, 5.74) is 2.81. The molecule has 0 bridgehead atoms. The second kappa shape index (κ2) is 12.4. The molecule has 1 amide bonds. The molecule has 53 heavy (non-hydrogen) atoms. The number of nitrogens with zero attached hydrogens (tertiary/aromatic N) is 7. The van der Waals surface area contributed by atoms with Gasteiger partial charge in [-0.25, -0.2) is 27.2 Å². The smallest absolute Gasteiger partial charge is 0.410 e. The fraction of sp³-hybridized carbons (Fsp3) is 0.368. The summed E-state index contributed by atoms with van der Waals surface area (Å²) in [5.74, 6) is -1.94. The Kier molecular flexibility index (Phi) is 8.26. The first-order chi connectivity index (χ1) is 25.0. The van der Waals surface area contributed by atoms with Crippen LogP contribution in [0.2, 0.25) is 0 Å². The number of thiophene rings is 1. The van der Waals surface area contributed by atoms with Gasteiger partial charge in [-0.2, -0.15) is 14.6 Å². The molecule has 0 radical (unpaired) electrons. The predicted octanol–water partition coefficient (Wildman–Crippen LogP) is 9.48. The van der Waals surface area contributed by atoms with Gasteiger partial charge >= 0.3 is 6.09 Å². The van der Waals surface area contributed by atoms with Crippen LogP contribution in [0, 0.1) is 24.4 Å². The molecule has 0 N–H and O–H groups in total. The summed E-state index contributed by atoms with van der Waals surface area (Å²) in [7, 11) is -0.907. The van der Waals surface area contributed by atoms with Crippen molar-refractivity contribution in [1.29, 1.82) is 0 Å². The Hall–Kier alpha value is -4.76. The zero-order chi connectivity index (χ0) is 37.7. The van der Waals surface area contributed by atoms with Crippen molar-refractivity contribution in [2.24, 2.45) is 11.4 Å². The van der Waals surface area contributed by atoms with E-state index in [9.17, 15) is 13.4 Å². The number of carbonyl (C=O) groups is 1. The lowest BCUT2D eigenvalue weighted by Gasteiger charge is -2.38. The lowest BCUT2D eigenvalue weighted by molar-refractivity contribution is 0.00865. The molecule has 10 nitrogen and oxygen atoms in total. The molecule has 15 heteroatoms. The van der Waals surface area contributed by atoms with Crippen LogP contribution < -0.4 is 0 Å². The van der Waals surface area contributed by atoms with E-state index in [0.29, 0.717) is 46.1 Å². The molecule has 6 aromatic rings. The zero-order valence-corrected chi connectivity index (χ0v) is 32.0. The molecule has 2 atom stereocenters. The number of hydrogen-bond donors (Lipinski definition) is 0. The van der Waals surface area contributed by atoms with Crippen molar-refractivity contribution < 1.29 is 26.9 Å². The highest BCUT2D eigenvalue weighted by atomic mass is 32.2. The van der Waals surface area contributed by atoms with Crippen LogP contribution in [0.15, 0.2) is 46.1 Å². The molecule has 0 saturated carbocycles. The second-order valence-electron chi connectivity index (χ2n) is 14.9. The third-order valence-corrected chi connectivity index (χ3v) is 13.2. The van der Waals surface area contributed by atoms with Gasteiger partial charge in [0, 0.05) is 70.1 Å². The molecule has 8 rings (SSSR count). The lowest BCUT2D eigenvalue weighted by atomic mass is 9.94. The average Bonchev–Trinajstić information content (AvgIpc) is 3.76. The molecular formula is C38H38F3N7O3S2. The Morgan fingerprint density at radius 2 is 1.77 bits per heavy atom. The highest BCUT2D eigenvalue weighted by molar-refractivity contribution is 7.95. The molecular weight excluding hydrogens is 724 g/mol. The topological polar surface area (TPSA) is 108 Å². The minimum Gasteiger partial charge on any atom is -0.444 e. The van der Waals surface area contributed by atoms with E-state index in [1.165, 1.54) is 5.38 Å². The van der Waals surface area contributed by atoms with E-state index in [0.717, 1.165) is 40.1 Å². The molecule has 276 valence electrons. The summed E-state index contributed by atoms with van der Waals surface area (Å²) in [4.78, 5) is 20.1. The number of hydrogen-bond acceptors (Lipinski definition) is 8. The van der Waals surface area contributed by atoms with Crippen molar-refractivity contribution in [1.82, 2.24) is 29.4 Å². The monoisotopic (exact) mass is 761 g/mol. The first kappa shape index (κ1) is 35.3. The van der Waals surface area contributed by atoms with Crippen LogP contribution >= 0.6 is 11.3 Å². The lowest BCUT2D eigenvalue weighted by Crippen LogP contribution is -2.45. The molecule has 2 aliphatic rings. The number of carbonyl (C=O) groups excluding carboxylic acids is 1. The molecule has 1 fully saturated rings. The minimum atomic E-state index is -2.75. The van der Waals surface area contributed by atoms with Gasteiger partial charge < -0.3 is 4.74 Å². The molecule has 2 aliphatic heterocycles. The standard InChI is InChI=1S/C38H38F3N7O3S2/c1-19-17-47(37(49)51-38(4,5)6)21(3)29-16-28(44-48(19)29)35-33(31-25(40)14-23(39)15-27(31)45-53(50)11-8-12-53)32-26(41)18-52-36(32)34(42-35)22-9-10-24-20(2)43-46(7)30(24)13-22/h9-10,13-16,18-19,21H,8,11-12,17H2,1-7H3/t19-,21+/m0/s1. The summed E-state index contributed by atoms with van der Waals surface area (Å²) in [6, 6.07) is 8.51. The molecule has 6 heterocycles. The summed E-state index contributed by atoms with van der Waals surface area (Å²) in [6.07, 6.45) is 0.205. The van der Waals surface area contributed by atoms with E-state index in [2.05, 4.69) is 9.46 Å². The van der Waals surface area contributed by atoms with Crippen molar-refractivity contribution in [2.45, 2.75) is 65.6 Å². The van der Waals surface area contributed by atoms with Crippen molar-refractivity contribution in [3.63, 3.8) is 0 Å². The molecule has 0 unspecified atom stereocenters. The van der Waals surface area contributed by atoms with E-state index in [4.69, 9.17) is 14.8 Å². The number of fused-ring (bicyclic) bond motifs is 3. The molecule has 1 saturated heterocycles. The van der Waals surface area contributed by atoms with Crippen molar-refractivity contribution in [3.8, 4) is 33.8 Å². The Bertz CT molecular complexity index is 2620. The number of halogens is 3. The fourth-order valence-corrected chi connectivity index (χ4v) is 9.65. The van der Waals surface area contributed by atoms with E-state index in [1.807, 2.05) is 46.0 Å². The van der Waals surface area contributed by atoms with Gasteiger partial charge in [0.15, 0.2) is 0 Å². The number of amides is 1. The van der Waals surface area contributed by atoms with Gasteiger partial charge in [-0.05, 0) is 60.1 Å². The summed E-state index contributed by atoms with van der Waals surface area (Å²) >= 11 is 1.12. The van der Waals surface area contributed by atoms with Crippen LogP contribution in [0.3, 0.4) is 0 Å². The maximum Gasteiger partial charge on any atom is 0.410 e. The molecule has 4 aromatic heterocycles. The van der Waals surface area contributed by atoms with Gasteiger partial charge in [0.05, 0.1) is 54.8 Å². The third kappa shape index (κ3) is 5.97. The average molecular weight is 762 g/mol. The number of aryl methyl sites for hydroxylation is 2. The van der Waals surface area contributed by atoms with Crippen LogP contribution in [0.4, 0.5) is 23.7 Å². The van der Waals surface area contributed by atoms with Gasteiger partial charge in [0.1, 0.15) is 34.4 Å². The zero-order valence-electron chi connectivity index (χ0n) is 30.3. The quantitative estimate of drug-likeness (QED) is 0.177. The van der Waals surface area contributed by atoms with Crippen LogP contribution in [0.25, 0.3) is 54.8 Å². The Morgan fingerprint density at radius 1 is 1.02 bits per heavy atom. The highest BCUT2D eigenvalue weighted by Gasteiger charge is 2.37. The second-order valence-corrected chi connectivity index (χ2v) is 18.3. The van der Waals surface area contributed by atoms with Gasteiger partial charge in [-0.3, -0.25) is 14.3 Å². The van der Waals surface area contributed by atoms with Crippen LogP contribution in [-0.2, 0) is 21.5 Å². The van der Waals surface area contributed by atoms with Crippen LogP contribution in [-0.4, -0.2) is 63.4 Å². The third-order valence-electron chi connectivity index (χ3n) is 9.87. The highest BCUT2D eigenvalue weighted by Crippen LogP contribution is 2.49. The van der Waals surface area contributed by atoms with Gasteiger partial charge in [-0.1, -0.05) is 12.1 Å². The number of ether oxygens (including phenoxy) is 1.